The fraction of sp³-hybridized carbons (Fsp3) is 0.200. The first-order valence-corrected chi connectivity index (χ1v) is 6.01. The first-order chi connectivity index (χ1) is 9.63. The SMILES string of the molecule is COc1ccccc1OCC(O)c1cccc(F)c1F. The van der Waals surface area contributed by atoms with E-state index in [1.807, 2.05) is 0 Å². The number of para-hydroxylation sites is 2. The second kappa shape index (κ2) is 6.34. The van der Waals surface area contributed by atoms with E-state index in [4.69, 9.17) is 9.47 Å². The standard InChI is InChI=1S/C15H14F2O3/c1-19-13-7-2-3-8-14(13)20-9-12(18)10-5-4-6-11(16)15(10)17/h2-8,12,18H,9H2,1H3. The molecule has 0 heterocycles. The van der Waals surface area contributed by atoms with Gasteiger partial charge in [-0.15, -0.1) is 0 Å². The monoisotopic (exact) mass is 280 g/mol. The molecule has 2 aromatic carbocycles. The van der Waals surface area contributed by atoms with E-state index in [-0.39, 0.29) is 12.2 Å². The predicted octanol–water partition coefficient (Wildman–Crippen LogP) is 3.09. The van der Waals surface area contributed by atoms with Gasteiger partial charge in [0, 0.05) is 5.56 Å². The Bertz CT molecular complexity index is 587. The Balaban J connectivity index is 2.09. The van der Waals surface area contributed by atoms with E-state index in [2.05, 4.69) is 0 Å². The highest BCUT2D eigenvalue weighted by atomic mass is 19.2. The summed E-state index contributed by atoms with van der Waals surface area (Å²) in [6, 6.07) is 10.5. The fourth-order valence-corrected chi connectivity index (χ4v) is 1.77. The molecule has 1 unspecified atom stereocenters. The van der Waals surface area contributed by atoms with E-state index in [9.17, 15) is 13.9 Å². The third-order valence-electron chi connectivity index (χ3n) is 2.81. The van der Waals surface area contributed by atoms with E-state index >= 15 is 0 Å². The zero-order valence-corrected chi connectivity index (χ0v) is 10.8. The third kappa shape index (κ3) is 3.05. The van der Waals surface area contributed by atoms with Crippen LogP contribution >= 0.6 is 0 Å². The van der Waals surface area contributed by atoms with Crippen LogP contribution in [-0.2, 0) is 0 Å². The van der Waals surface area contributed by atoms with Crippen molar-refractivity contribution in [2.24, 2.45) is 0 Å². The van der Waals surface area contributed by atoms with E-state index in [1.54, 1.807) is 24.3 Å². The molecule has 3 nitrogen and oxygen atoms in total. The number of aliphatic hydroxyl groups excluding tert-OH is 1. The molecule has 0 aliphatic carbocycles. The maximum atomic E-state index is 13.5. The van der Waals surface area contributed by atoms with Crippen LogP contribution in [0.5, 0.6) is 11.5 Å². The molecule has 1 atom stereocenters. The molecule has 1 N–H and O–H groups in total. The lowest BCUT2D eigenvalue weighted by molar-refractivity contribution is 0.102. The van der Waals surface area contributed by atoms with Gasteiger partial charge >= 0.3 is 0 Å². The minimum Gasteiger partial charge on any atom is -0.493 e. The van der Waals surface area contributed by atoms with Crippen LogP contribution in [0.4, 0.5) is 8.78 Å². The lowest BCUT2D eigenvalue weighted by Gasteiger charge is -2.15. The summed E-state index contributed by atoms with van der Waals surface area (Å²) in [5, 5.41) is 9.88. The van der Waals surface area contributed by atoms with E-state index < -0.39 is 17.7 Å². The molecule has 0 bridgehead atoms. The van der Waals surface area contributed by atoms with Crippen molar-refractivity contribution < 1.29 is 23.4 Å². The van der Waals surface area contributed by atoms with Crippen molar-refractivity contribution in [2.75, 3.05) is 13.7 Å². The van der Waals surface area contributed by atoms with Crippen LogP contribution in [0.2, 0.25) is 0 Å². The van der Waals surface area contributed by atoms with Crippen molar-refractivity contribution in [3.63, 3.8) is 0 Å². The Labute approximate surface area is 115 Å². The molecule has 5 heteroatoms. The van der Waals surface area contributed by atoms with Gasteiger partial charge in [-0.2, -0.15) is 0 Å². The second-order valence-corrected chi connectivity index (χ2v) is 4.12. The largest absolute Gasteiger partial charge is 0.493 e. The molecule has 0 aromatic heterocycles. The lowest BCUT2D eigenvalue weighted by atomic mass is 10.1. The van der Waals surface area contributed by atoms with Crippen LogP contribution in [0.1, 0.15) is 11.7 Å². The third-order valence-corrected chi connectivity index (χ3v) is 2.81. The molecule has 2 rings (SSSR count). The molecule has 0 spiro atoms. The summed E-state index contributed by atoms with van der Waals surface area (Å²) < 4.78 is 37.0. The second-order valence-electron chi connectivity index (χ2n) is 4.12. The average Bonchev–Trinajstić information content (AvgIpc) is 2.48. The molecule has 0 fully saturated rings. The highest BCUT2D eigenvalue weighted by molar-refractivity contribution is 5.39. The van der Waals surface area contributed by atoms with E-state index in [1.165, 1.54) is 19.2 Å². The van der Waals surface area contributed by atoms with E-state index in [0.717, 1.165) is 6.07 Å². The minimum absolute atomic E-state index is 0.139. The summed E-state index contributed by atoms with van der Waals surface area (Å²) in [4.78, 5) is 0. The number of benzene rings is 2. The van der Waals surface area contributed by atoms with Gasteiger partial charge in [-0.1, -0.05) is 24.3 Å². The Kier molecular flexibility index (Phi) is 4.53. The van der Waals surface area contributed by atoms with Crippen molar-refractivity contribution in [3.8, 4) is 11.5 Å². The maximum absolute atomic E-state index is 13.5. The summed E-state index contributed by atoms with van der Waals surface area (Å²) in [5.41, 5.74) is -0.139. The smallest absolute Gasteiger partial charge is 0.164 e. The predicted molar refractivity (Wildman–Crippen MR) is 69.8 cm³/mol. The maximum Gasteiger partial charge on any atom is 0.164 e. The van der Waals surface area contributed by atoms with Crippen molar-refractivity contribution in [3.05, 3.63) is 59.7 Å². The van der Waals surface area contributed by atoms with Crippen molar-refractivity contribution in [1.82, 2.24) is 0 Å². The summed E-state index contributed by atoms with van der Waals surface area (Å²) in [7, 11) is 1.49. The van der Waals surface area contributed by atoms with Crippen LogP contribution < -0.4 is 9.47 Å². The van der Waals surface area contributed by atoms with Crippen molar-refractivity contribution >= 4 is 0 Å². The summed E-state index contributed by atoms with van der Waals surface area (Å²) in [6.07, 6.45) is -1.27. The Morgan fingerprint density at radius 3 is 2.45 bits per heavy atom. The normalized spacial score (nSPS) is 12.0. The number of aliphatic hydroxyl groups is 1. The van der Waals surface area contributed by atoms with Gasteiger partial charge in [0.15, 0.2) is 23.1 Å². The Morgan fingerprint density at radius 1 is 1.05 bits per heavy atom. The number of hydrogen-bond acceptors (Lipinski definition) is 3. The molecule has 0 saturated carbocycles. The molecule has 0 amide bonds. The highest BCUT2D eigenvalue weighted by Crippen LogP contribution is 2.27. The van der Waals surface area contributed by atoms with Crippen LogP contribution in [0, 0.1) is 11.6 Å². The fourth-order valence-electron chi connectivity index (χ4n) is 1.77. The van der Waals surface area contributed by atoms with Gasteiger partial charge < -0.3 is 14.6 Å². The molecular weight excluding hydrogens is 266 g/mol. The number of hydrogen-bond donors (Lipinski definition) is 1. The Morgan fingerprint density at radius 2 is 1.75 bits per heavy atom. The molecule has 0 saturated heterocycles. The lowest BCUT2D eigenvalue weighted by Crippen LogP contribution is -2.12. The van der Waals surface area contributed by atoms with Crippen LogP contribution in [0.3, 0.4) is 0 Å². The van der Waals surface area contributed by atoms with Gasteiger partial charge in [-0.25, -0.2) is 8.78 Å². The van der Waals surface area contributed by atoms with Gasteiger partial charge in [0.2, 0.25) is 0 Å². The van der Waals surface area contributed by atoms with Crippen LogP contribution in [0.25, 0.3) is 0 Å². The summed E-state index contributed by atoms with van der Waals surface area (Å²) in [6.45, 7) is -0.208. The number of ether oxygens (including phenoxy) is 2. The van der Waals surface area contributed by atoms with Gasteiger partial charge in [-0.05, 0) is 18.2 Å². The van der Waals surface area contributed by atoms with Gasteiger partial charge in [0.05, 0.1) is 7.11 Å². The van der Waals surface area contributed by atoms with Gasteiger partial charge in [0.1, 0.15) is 12.7 Å². The zero-order chi connectivity index (χ0) is 14.5. The molecule has 0 aliphatic rings. The van der Waals surface area contributed by atoms with Crippen molar-refractivity contribution in [2.45, 2.75) is 6.10 Å². The molecular formula is C15H14F2O3. The molecule has 0 aliphatic heterocycles. The van der Waals surface area contributed by atoms with Gasteiger partial charge in [-0.3, -0.25) is 0 Å². The number of halogens is 2. The van der Waals surface area contributed by atoms with Crippen molar-refractivity contribution in [1.29, 1.82) is 0 Å². The number of rotatable bonds is 5. The highest BCUT2D eigenvalue weighted by Gasteiger charge is 2.17. The first kappa shape index (κ1) is 14.3. The van der Waals surface area contributed by atoms with Gasteiger partial charge in [0.25, 0.3) is 0 Å². The van der Waals surface area contributed by atoms with Crippen LogP contribution in [0.15, 0.2) is 42.5 Å². The summed E-state index contributed by atoms with van der Waals surface area (Å²) >= 11 is 0. The summed E-state index contributed by atoms with van der Waals surface area (Å²) in [5.74, 6) is -1.15. The topological polar surface area (TPSA) is 38.7 Å². The first-order valence-electron chi connectivity index (χ1n) is 6.01. The quantitative estimate of drug-likeness (QED) is 0.914. The zero-order valence-electron chi connectivity index (χ0n) is 10.8. The molecule has 20 heavy (non-hydrogen) atoms. The minimum atomic E-state index is -1.27. The molecule has 2 aromatic rings. The van der Waals surface area contributed by atoms with Crippen LogP contribution in [-0.4, -0.2) is 18.8 Å². The average molecular weight is 280 g/mol. The Hall–Kier alpha value is -2.14. The molecule has 0 radical (unpaired) electrons. The van der Waals surface area contributed by atoms with E-state index in [0.29, 0.717) is 11.5 Å². The number of methoxy groups -OCH3 is 1. The molecule has 106 valence electrons.